The highest BCUT2D eigenvalue weighted by molar-refractivity contribution is 7.92. The summed E-state index contributed by atoms with van der Waals surface area (Å²) in [6.07, 6.45) is 0. The first-order valence-corrected chi connectivity index (χ1v) is 10.9. The normalized spacial score (nSPS) is 11.6. The molecule has 0 atom stereocenters. The number of nitrogens with one attached hydrogen (secondary N) is 1. The molecule has 2 heterocycles. The smallest absolute Gasteiger partial charge is 0.267 e. The van der Waals surface area contributed by atoms with E-state index in [1.54, 1.807) is 29.8 Å². The second kappa shape index (κ2) is 7.37. The molecule has 4 aromatic rings. The van der Waals surface area contributed by atoms with Crippen LogP contribution in [0.1, 0.15) is 5.56 Å². The highest BCUT2D eigenvalue weighted by Crippen LogP contribution is 2.29. The van der Waals surface area contributed by atoms with E-state index in [0.717, 1.165) is 22.6 Å². The van der Waals surface area contributed by atoms with E-state index in [-0.39, 0.29) is 16.6 Å². The summed E-state index contributed by atoms with van der Waals surface area (Å²) in [7, 11) is -0.882. The van der Waals surface area contributed by atoms with Gasteiger partial charge in [0.25, 0.3) is 16.0 Å². The largest absolute Gasteiger partial charge is 0.497 e. The van der Waals surface area contributed by atoms with Crippen LogP contribution in [0.3, 0.4) is 0 Å². The maximum atomic E-state index is 12.9. The van der Waals surface area contributed by atoms with E-state index in [0.29, 0.717) is 4.96 Å². The average molecular weight is 431 g/mol. The van der Waals surface area contributed by atoms with Gasteiger partial charge in [0.15, 0.2) is 0 Å². The molecule has 29 heavy (non-hydrogen) atoms. The highest BCUT2D eigenvalue weighted by atomic mass is 32.2. The van der Waals surface area contributed by atoms with Gasteiger partial charge >= 0.3 is 0 Å². The molecule has 0 unspecified atom stereocenters. The molecule has 1 N–H and O–H groups in total. The van der Waals surface area contributed by atoms with Crippen LogP contribution in [0.2, 0.25) is 0 Å². The molecule has 0 bridgehead atoms. The summed E-state index contributed by atoms with van der Waals surface area (Å²) >= 11 is 1.37. The Morgan fingerprint density at radius 2 is 1.83 bits per heavy atom. The van der Waals surface area contributed by atoms with Crippen molar-refractivity contribution in [1.82, 2.24) is 14.6 Å². The lowest BCUT2D eigenvalue weighted by Gasteiger charge is -2.10. The minimum Gasteiger partial charge on any atom is -0.497 e. The molecule has 0 aliphatic heterocycles. The molecule has 4 rings (SSSR count). The Bertz CT molecular complexity index is 1280. The van der Waals surface area contributed by atoms with Crippen LogP contribution in [0.25, 0.3) is 16.2 Å². The zero-order valence-electron chi connectivity index (χ0n) is 15.9. The third kappa shape index (κ3) is 3.64. The molecule has 0 aliphatic carbocycles. The van der Waals surface area contributed by atoms with Crippen LogP contribution in [0.15, 0.2) is 52.7 Å². The molecule has 0 fully saturated rings. The van der Waals surface area contributed by atoms with Crippen molar-refractivity contribution in [2.24, 2.45) is 0 Å². The standard InChI is InChI=1S/C19H18N4O4S2/c1-12-4-9-16(27-3)17(10-12)29(24,25)22-18-20-19-23(21-18)15(11-28-19)13-5-7-14(26-2)8-6-13/h4-11H,1-3H3,(H,21,22). The van der Waals surface area contributed by atoms with Gasteiger partial charge in [-0.05, 0) is 48.9 Å². The molecule has 2 aromatic heterocycles. The van der Waals surface area contributed by atoms with Crippen LogP contribution in [0.4, 0.5) is 5.95 Å². The van der Waals surface area contributed by atoms with Crippen LogP contribution in [-0.2, 0) is 10.0 Å². The number of anilines is 1. The summed E-state index contributed by atoms with van der Waals surface area (Å²) in [4.78, 5) is 4.91. The van der Waals surface area contributed by atoms with Crippen molar-refractivity contribution in [3.8, 4) is 22.8 Å². The van der Waals surface area contributed by atoms with Crippen molar-refractivity contribution in [2.45, 2.75) is 11.8 Å². The van der Waals surface area contributed by atoms with E-state index in [4.69, 9.17) is 9.47 Å². The van der Waals surface area contributed by atoms with Gasteiger partial charge in [0.1, 0.15) is 16.4 Å². The van der Waals surface area contributed by atoms with Crippen LogP contribution < -0.4 is 14.2 Å². The average Bonchev–Trinajstić information content (AvgIpc) is 3.27. The van der Waals surface area contributed by atoms with Crippen molar-refractivity contribution in [1.29, 1.82) is 0 Å². The van der Waals surface area contributed by atoms with Gasteiger partial charge in [0, 0.05) is 10.9 Å². The number of ether oxygens (including phenoxy) is 2. The zero-order valence-corrected chi connectivity index (χ0v) is 17.5. The lowest BCUT2D eigenvalue weighted by Crippen LogP contribution is -2.15. The van der Waals surface area contributed by atoms with E-state index >= 15 is 0 Å². The molecule has 0 radical (unpaired) electrons. The van der Waals surface area contributed by atoms with Crippen LogP contribution >= 0.6 is 11.3 Å². The molecular formula is C19H18N4O4S2. The number of aryl methyl sites for hydroxylation is 1. The van der Waals surface area contributed by atoms with Gasteiger partial charge in [-0.3, -0.25) is 0 Å². The molecule has 0 saturated heterocycles. The molecule has 0 spiro atoms. The number of hydrogen-bond acceptors (Lipinski definition) is 7. The second-order valence-corrected chi connectivity index (χ2v) is 8.73. The minimum atomic E-state index is -3.92. The molecule has 0 amide bonds. The Balaban J connectivity index is 1.69. The van der Waals surface area contributed by atoms with Gasteiger partial charge in [0.05, 0.1) is 19.9 Å². The fraction of sp³-hybridized carbons (Fsp3) is 0.158. The lowest BCUT2D eigenvalue weighted by atomic mass is 10.2. The second-order valence-electron chi connectivity index (χ2n) is 6.24. The number of hydrogen-bond donors (Lipinski definition) is 1. The fourth-order valence-electron chi connectivity index (χ4n) is 2.85. The maximum absolute atomic E-state index is 12.9. The Morgan fingerprint density at radius 3 is 2.52 bits per heavy atom. The first-order valence-electron chi connectivity index (χ1n) is 8.57. The molecule has 10 heteroatoms. The van der Waals surface area contributed by atoms with Crippen molar-refractivity contribution >= 4 is 32.3 Å². The number of methoxy groups -OCH3 is 2. The third-order valence-corrected chi connectivity index (χ3v) is 6.47. The number of benzene rings is 2. The molecule has 8 nitrogen and oxygen atoms in total. The van der Waals surface area contributed by atoms with E-state index < -0.39 is 10.0 Å². The zero-order chi connectivity index (χ0) is 20.6. The predicted octanol–water partition coefficient (Wildman–Crippen LogP) is 3.58. The van der Waals surface area contributed by atoms with Crippen molar-refractivity contribution < 1.29 is 17.9 Å². The number of thiazole rings is 1. The molecule has 150 valence electrons. The Labute approximate surface area is 171 Å². The molecule has 0 saturated carbocycles. The number of sulfonamides is 1. The van der Waals surface area contributed by atoms with Gasteiger partial charge in [-0.2, -0.15) is 4.98 Å². The Hall–Kier alpha value is -3.11. The van der Waals surface area contributed by atoms with E-state index in [1.165, 1.54) is 18.4 Å². The van der Waals surface area contributed by atoms with Gasteiger partial charge in [-0.25, -0.2) is 17.7 Å². The number of rotatable bonds is 6. The molecule has 0 aliphatic rings. The quantitative estimate of drug-likeness (QED) is 0.502. The van der Waals surface area contributed by atoms with E-state index in [2.05, 4.69) is 14.8 Å². The number of nitrogens with zero attached hydrogens (tertiary/aromatic N) is 3. The first kappa shape index (κ1) is 19.2. The van der Waals surface area contributed by atoms with Crippen LogP contribution in [-0.4, -0.2) is 37.2 Å². The maximum Gasteiger partial charge on any atom is 0.267 e. The molecule has 2 aromatic carbocycles. The van der Waals surface area contributed by atoms with Gasteiger partial charge < -0.3 is 9.47 Å². The van der Waals surface area contributed by atoms with Gasteiger partial charge in [-0.1, -0.05) is 6.07 Å². The summed E-state index contributed by atoms with van der Waals surface area (Å²) in [6.45, 7) is 1.81. The summed E-state index contributed by atoms with van der Waals surface area (Å²) in [5.41, 5.74) is 2.52. The summed E-state index contributed by atoms with van der Waals surface area (Å²) in [5, 5.41) is 6.25. The predicted molar refractivity (Wildman–Crippen MR) is 111 cm³/mol. The van der Waals surface area contributed by atoms with Crippen LogP contribution in [0.5, 0.6) is 11.5 Å². The number of aromatic nitrogens is 3. The Morgan fingerprint density at radius 1 is 1.07 bits per heavy atom. The summed E-state index contributed by atoms with van der Waals surface area (Å²) < 4.78 is 40.2. The van der Waals surface area contributed by atoms with Gasteiger partial charge in [0.2, 0.25) is 4.96 Å². The monoisotopic (exact) mass is 430 g/mol. The third-order valence-electron chi connectivity index (χ3n) is 4.30. The van der Waals surface area contributed by atoms with E-state index in [9.17, 15) is 8.42 Å². The first-order chi connectivity index (χ1) is 13.9. The lowest BCUT2D eigenvalue weighted by molar-refractivity contribution is 0.402. The Kier molecular flexibility index (Phi) is 4.89. The summed E-state index contributed by atoms with van der Waals surface area (Å²) in [5.74, 6) is 0.998. The number of fused-ring (bicyclic) bond motifs is 1. The van der Waals surface area contributed by atoms with Crippen molar-refractivity contribution in [3.63, 3.8) is 0 Å². The topological polar surface area (TPSA) is 94.8 Å². The van der Waals surface area contributed by atoms with Crippen LogP contribution in [0, 0.1) is 6.92 Å². The van der Waals surface area contributed by atoms with Crippen molar-refractivity contribution in [3.05, 3.63) is 53.4 Å². The van der Waals surface area contributed by atoms with Gasteiger partial charge in [-0.15, -0.1) is 16.4 Å². The van der Waals surface area contributed by atoms with Crippen molar-refractivity contribution in [2.75, 3.05) is 18.9 Å². The molecular weight excluding hydrogens is 412 g/mol. The fourth-order valence-corrected chi connectivity index (χ4v) is 4.88. The SMILES string of the molecule is COc1ccc(-c2csc3nc(NS(=O)(=O)c4cc(C)ccc4OC)nn23)cc1. The van der Waals surface area contributed by atoms with E-state index in [1.807, 2.05) is 36.6 Å². The summed E-state index contributed by atoms with van der Waals surface area (Å²) in [6, 6.07) is 12.5. The highest BCUT2D eigenvalue weighted by Gasteiger charge is 2.22. The minimum absolute atomic E-state index is 0.00447.